The van der Waals surface area contributed by atoms with Gasteiger partial charge in [0.1, 0.15) is 0 Å². The lowest BCUT2D eigenvalue weighted by Crippen LogP contribution is -2.18. The molecule has 0 radical (unpaired) electrons. The molecule has 4 nitrogen and oxygen atoms in total. The zero-order valence-corrected chi connectivity index (χ0v) is 11.4. The molecule has 1 saturated heterocycles. The second-order valence-corrected chi connectivity index (χ2v) is 5.31. The predicted molar refractivity (Wildman–Crippen MR) is 75.9 cm³/mol. The van der Waals surface area contributed by atoms with Crippen molar-refractivity contribution in [2.45, 2.75) is 19.4 Å². The Hall–Kier alpha value is -1.52. The van der Waals surface area contributed by atoms with Gasteiger partial charge in [-0.3, -0.25) is 4.90 Å². The normalized spacial score (nSPS) is 16.1. The van der Waals surface area contributed by atoms with E-state index >= 15 is 0 Å². The molecule has 2 heterocycles. The van der Waals surface area contributed by atoms with Crippen molar-refractivity contribution in [2.24, 2.45) is 0 Å². The number of likely N-dealkylation sites (tertiary alicyclic amines) is 1. The molecule has 0 aliphatic carbocycles. The fraction of sp³-hybridized carbons (Fsp3) is 0.357. The first kappa shape index (κ1) is 12.5. The highest BCUT2D eigenvalue weighted by Gasteiger charge is 2.14. The summed E-state index contributed by atoms with van der Waals surface area (Å²) in [5, 5.41) is 4.44. The van der Waals surface area contributed by atoms with Gasteiger partial charge in [-0.05, 0) is 37.6 Å². The van der Waals surface area contributed by atoms with Gasteiger partial charge in [0.05, 0.1) is 0 Å². The van der Waals surface area contributed by atoms with E-state index in [9.17, 15) is 0 Å². The van der Waals surface area contributed by atoms with E-state index in [1.807, 2.05) is 12.1 Å². The van der Waals surface area contributed by atoms with Crippen LogP contribution in [-0.2, 0) is 6.54 Å². The second-order valence-electron chi connectivity index (χ2n) is 4.91. The number of hydrogen-bond donors (Lipinski definition) is 1. The molecule has 0 saturated carbocycles. The average molecular weight is 278 g/mol. The Bertz CT molecular complexity index is 576. The second kappa shape index (κ2) is 5.23. The first-order chi connectivity index (χ1) is 9.22. The fourth-order valence-corrected chi connectivity index (χ4v) is 2.68. The Kier molecular flexibility index (Phi) is 3.44. The first-order valence-electron chi connectivity index (χ1n) is 6.46. The summed E-state index contributed by atoms with van der Waals surface area (Å²) in [7, 11) is 0. The smallest absolute Gasteiger partial charge is 0.169 e. The molecule has 5 heteroatoms. The highest BCUT2D eigenvalue weighted by atomic mass is 35.5. The third kappa shape index (κ3) is 2.74. The fourth-order valence-electron chi connectivity index (χ4n) is 2.44. The van der Waals surface area contributed by atoms with Gasteiger partial charge in [-0.2, -0.15) is 0 Å². The molecule has 100 valence electrons. The molecule has 1 aromatic carbocycles. The van der Waals surface area contributed by atoms with E-state index in [1.54, 1.807) is 6.07 Å². The van der Waals surface area contributed by atoms with Crippen LogP contribution in [0.3, 0.4) is 0 Å². The van der Waals surface area contributed by atoms with Crippen LogP contribution in [0, 0.1) is 0 Å². The zero-order chi connectivity index (χ0) is 13.2. The molecule has 0 bridgehead atoms. The van der Waals surface area contributed by atoms with Crippen LogP contribution in [0.2, 0.25) is 5.02 Å². The molecule has 0 unspecified atom stereocenters. The molecule has 3 rings (SSSR count). The summed E-state index contributed by atoms with van der Waals surface area (Å²) in [6, 6.07) is 7.66. The van der Waals surface area contributed by atoms with Crippen LogP contribution in [-0.4, -0.2) is 23.1 Å². The third-order valence-electron chi connectivity index (χ3n) is 3.46. The van der Waals surface area contributed by atoms with Crippen molar-refractivity contribution in [2.75, 3.05) is 18.8 Å². The minimum Gasteiger partial charge on any atom is -0.381 e. The molecule has 1 aliphatic heterocycles. The average Bonchev–Trinajstić information content (AvgIpc) is 3.03. The number of hydrogen-bond acceptors (Lipinski definition) is 4. The van der Waals surface area contributed by atoms with Crippen molar-refractivity contribution >= 4 is 17.4 Å². The number of benzene rings is 1. The molecule has 1 aliphatic rings. The predicted octanol–water partition coefficient (Wildman–Crippen LogP) is 3.17. The van der Waals surface area contributed by atoms with Crippen molar-refractivity contribution in [3.8, 4) is 11.3 Å². The van der Waals surface area contributed by atoms with Gasteiger partial charge in [0.2, 0.25) is 0 Å². The summed E-state index contributed by atoms with van der Waals surface area (Å²) in [5.74, 6) is 1.03. The molecule has 0 atom stereocenters. The number of anilines is 1. The standard InChI is InChI=1S/C14H16ClN3O/c15-12-7-10(13-8-14(16)17-19-13)3-4-11(12)9-18-5-1-2-6-18/h3-4,7-8H,1-2,5-6,9H2,(H2,16,17). The van der Waals surface area contributed by atoms with Crippen LogP contribution in [0.15, 0.2) is 28.8 Å². The summed E-state index contributed by atoms with van der Waals surface area (Å²) in [6.45, 7) is 3.24. The van der Waals surface area contributed by atoms with E-state index in [0.29, 0.717) is 11.6 Å². The minimum atomic E-state index is 0.382. The molecule has 19 heavy (non-hydrogen) atoms. The maximum Gasteiger partial charge on any atom is 0.169 e. The van der Waals surface area contributed by atoms with Crippen LogP contribution >= 0.6 is 11.6 Å². The van der Waals surface area contributed by atoms with Gasteiger partial charge in [-0.15, -0.1) is 0 Å². The quantitative estimate of drug-likeness (QED) is 0.936. The number of nitrogen functional groups attached to an aromatic ring is 1. The van der Waals surface area contributed by atoms with Gasteiger partial charge in [0, 0.05) is 23.2 Å². The molecular weight excluding hydrogens is 262 g/mol. The number of aromatic nitrogens is 1. The lowest BCUT2D eigenvalue weighted by molar-refractivity contribution is 0.331. The molecule has 1 fully saturated rings. The highest BCUT2D eigenvalue weighted by Crippen LogP contribution is 2.28. The van der Waals surface area contributed by atoms with Crippen LogP contribution in [0.5, 0.6) is 0 Å². The van der Waals surface area contributed by atoms with E-state index in [4.69, 9.17) is 21.9 Å². The number of nitrogens with zero attached hydrogens (tertiary/aromatic N) is 2. The van der Waals surface area contributed by atoms with Gasteiger partial charge >= 0.3 is 0 Å². The number of nitrogens with two attached hydrogens (primary N) is 1. The van der Waals surface area contributed by atoms with Crippen molar-refractivity contribution in [1.82, 2.24) is 10.1 Å². The minimum absolute atomic E-state index is 0.382. The van der Waals surface area contributed by atoms with Crippen LogP contribution in [0.25, 0.3) is 11.3 Å². The topological polar surface area (TPSA) is 55.3 Å². The Balaban J connectivity index is 1.81. The van der Waals surface area contributed by atoms with E-state index in [0.717, 1.165) is 35.8 Å². The van der Waals surface area contributed by atoms with Gasteiger partial charge in [0.25, 0.3) is 0 Å². The molecule has 0 spiro atoms. The van der Waals surface area contributed by atoms with E-state index in [2.05, 4.69) is 16.1 Å². The van der Waals surface area contributed by atoms with Crippen LogP contribution in [0.4, 0.5) is 5.82 Å². The molecular formula is C14H16ClN3O. The Morgan fingerprint density at radius 3 is 2.68 bits per heavy atom. The van der Waals surface area contributed by atoms with Crippen molar-refractivity contribution < 1.29 is 4.52 Å². The summed E-state index contributed by atoms with van der Waals surface area (Å²) < 4.78 is 5.13. The zero-order valence-electron chi connectivity index (χ0n) is 10.6. The van der Waals surface area contributed by atoms with E-state index in [1.165, 1.54) is 12.8 Å². The molecule has 1 aromatic heterocycles. The number of halogens is 1. The Labute approximate surface area is 117 Å². The van der Waals surface area contributed by atoms with Crippen molar-refractivity contribution in [3.63, 3.8) is 0 Å². The summed E-state index contributed by atoms with van der Waals surface area (Å²) in [6.07, 6.45) is 2.57. The summed E-state index contributed by atoms with van der Waals surface area (Å²) >= 11 is 6.34. The van der Waals surface area contributed by atoms with E-state index < -0.39 is 0 Å². The lowest BCUT2D eigenvalue weighted by Gasteiger charge is -2.15. The highest BCUT2D eigenvalue weighted by molar-refractivity contribution is 6.31. The summed E-state index contributed by atoms with van der Waals surface area (Å²) in [5.41, 5.74) is 7.60. The maximum atomic E-state index is 6.34. The van der Waals surface area contributed by atoms with Gasteiger partial charge in [0.15, 0.2) is 11.6 Å². The van der Waals surface area contributed by atoms with E-state index in [-0.39, 0.29) is 0 Å². The third-order valence-corrected chi connectivity index (χ3v) is 3.81. The van der Waals surface area contributed by atoms with Gasteiger partial charge < -0.3 is 10.3 Å². The molecule has 0 amide bonds. The Morgan fingerprint density at radius 2 is 2.05 bits per heavy atom. The van der Waals surface area contributed by atoms with Gasteiger partial charge in [-0.25, -0.2) is 0 Å². The van der Waals surface area contributed by atoms with Crippen molar-refractivity contribution in [3.05, 3.63) is 34.9 Å². The lowest BCUT2D eigenvalue weighted by atomic mass is 10.1. The largest absolute Gasteiger partial charge is 0.381 e. The van der Waals surface area contributed by atoms with Gasteiger partial charge in [-0.1, -0.05) is 28.9 Å². The Morgan fingerprint density at radius 1 is 1.26 bits per heavy atom. The van der Waals surface area contributed by atoms with Crippen LogP contribution < -0.4 is 5.73 Å². The number of rotatable bonds is 3. The van der Waals surface area contributed by atoms with Crippen LogP contribution in [0.1, 0.15) is 18.4 Å². The monoisotopic (exact) mass is 277 g/mol. The summed E-state index contributed by atoms with van der Waals surface area (Å²) in [4.78, 5) is 2.42. The SMILES string of the molecule is Nc1cc(-c2ccc(CN3CCCC3)c(Cl)c2)on1. The molecule has 2 aromatic rings. The first-order valence-corrected chi connectivity index (χ1v) is 6.83. The molecule has 2 N–H and O–H groups in total. The maximum absolute atomic E-state index is 6.34. The van der Waals surface area contributed by atoms with Crippen molar-refractivity contribution in [1.29, 1.82) is 0 Å².